The summed E-state index contributed by atoms with van der Waals surface area (Å²) >= 11 is 0. The normalized spacial score (nSPS) is 14.3. The maximum Gasteiger partial charge on any atom is -0.00773 e. The molecule has 0 fully saturated rings. The quantitative estimate of drug-likeness (QED) is 0.515. The SMILES string of the molecule is NCCCCCCCCCCCC1=CC=CC1. The van der Waals surface area contributed by atoms with Gasteiger partial charge in [0, 0.05) is 0 Å². The Hall–Kier alpha value is -0.560. The first-order valence-electron chi connectivity index (χ1n) is 7.48. The summed E-state index contributed by atoms with van der Waals surface area (Å²) in [5, 5.41) is 0. The molecule has 0 spiro atoms. The predicted molar refractivity (Wildman–Crippen MR) is 77.1 cm³/mol. The Labute approximate surface area is 107 Å². The molecule has 0 saturated carbocycles. The molecule has 1 heteroatoms. The molecule has 0 aromatic rings. The maximum absolute atomic E-state index is 5.47. The van der Waals surface area contributed by atoms with E-state index in [0.29, 0.717) is 0 Å². The van der Waals surface area contributed by atoms with Crippen LogP contribution in [0.2, 0.25) is 0 Å². The molecule has 0 aromatic heterocycles. The first-order chi connectivity index (χ1) is 8.43. The average molecular weight is 235 g/mol. The summed E-state index contributed by atoms with van der Waals surface area (Å²) < 4.78 is 0. The monoisotopic (exact) mass is 235 g/mol. The lowest BCUT2D eigenvalue weighted by molar-refractivity contribution is 0.559. The first-order valence-corrected chi connectivity index (χ1v) is 7.48. The lowest BCUT2D eigenvalue weighted by Gasteiger charge is -2.03. The third kappa shape index (κ3) is 8.20. The summed E-state index contributed by atoms with van der Waals surface area (Å²) in [6, 6.07) is 0. The van der Waals surface area contributed by atoms with Crippen LogP contribution < -0.4 is 5.73 Å². The van der Waals surface area contributed by atoms with Crippen LogP contribution in [-0.2, 0) is 0 Å². The van der Waals surface area contributed by atoms with E-state index in [1.54, 1.807) is 5.57 Å². The van der Waals surface area contributed by atoms with Gasteiger partial charge in [-0.2, -0.15) is 0 Å². The van der Waals surface area contributed by atoms with Crippen molar-refractivity contribution in [1.82, 2.24) is 0 Å². The largest absolute Gasteiger partial charge is 0.330 e. The molecule has 0 aliphatic heterocycles. The van der Waals surface area contributed by atoms with Crippen LogP contribution >= 0.6 is 0 Å². The molecule has 98 valence electrons. The molecule has 0 radical (unpaired) electrons. The molecule has 0 amide bonds. The second kappa shape index (κ2) is 10.6. The molecule has 1 rings (SSSR count). The van der Waals surface area contributed by atoms with E-state index in [1.807, 2.05) is 0 Å². The Balaban J connectivity index is 1.72. The minimum absolute atomic E-state index is 0.866. The van der Waals surface area contributed by atoms with Crippen LogP contribution in [0.25, 0.3) is 0 Å². The van der Waals surface area contributed by atoms with Gasteiger partial charge < -0.3 is 5.73 Å². The fourth-order valence-electron chi connectivity index (χ4n) is 2.41. The summed E-state index contributed by atoms with van der Waals surface area (Å²) in [7, 11) is 0. The third-order valence-corrected chi connectivity index (χ3v) is 3.55. The van der Waals surface area contributed by atoms with Crippen LogP contribution in [0.4, 0.5) is 0 Å². The fourth-order valence-corrected chi connectivity index (χ4v) is 2.41. The second-order valence-electron chi connectivity index (χ2n) is 5.18. The Kier molecular flexibility index (Phi) is 9.03. The first kappa shape index (κ1) is 14.5. The van der Waals surface area contributed by atoms with Gasteiger partial charge in [-0.1, -0.05) is 68.7 Å². The smallest absolute Gasteiger partial charge is 0.00773 e. The third-order valence-electron chi connectivity index (χ3n) is 3.55. The van der Waals surface area contributed by atoms with Gasteiger partial charge in [-0.15, -0.1) is 0 Å². The van der Waals surface area contributed by atoms with E-state index in [0.717, 1.165) is 6.54 Å². The van der Waals surface area contributed by atoms with E-state index >= 15 is 0 Å². The molecule has 2 N–H and O–H groups in total. The van der Waals surface area contributed by atoms with E-state index in [2.05, 4.69) is 18.2 Å². The van der Waals surface area contributed by atoms with Crippen LogP contribution in [0, 0.1) is 0 Å². The summed E-state index contributed by atoms with van der Waals surface area (Å²) in [6.45, 7) is 0.866. The highest BCUT2D eigenvalue weighted by atomic mass is 14.5. The van der Waals surface area contributed by atoms with Crippen molar-refractivity contribution in [2.24, 2.45) is 5.73 Å². The highest BCUT2D eigenvalue weighted by Crippen LogP contribution is 2.18. The van der Waals surface area contributed by atoms with Crippen molar-refractivity contribution in [2.45, 2.75) is 70.6 Å². The van der Waals surface area contributed by atoms with Crippen molar-refractivity contribution in [3.8, 4) is 0 Å². The molecule has 0 aromatic carbocycles. The number of nitrogens with two attached hydrogens (primary N) is 1. The van der Waals surface area contributed by atoms with Gasteiger partial charge in [-0.25, -0.2) is 0 Å². The molecule has 0 heterocycles. The minimum Gasteiger partial charge on any atom is -0.330 e. The van der Waals surface area contributed by atoms with Crippen molar-refractivity contribution in [2.75, 3.05) is 6.54 Å². The van der Waals surface area contributed by atoms with Crippen molar-refractivity contribution in [3.63, 3.8) is 0 Å². The molecule has 0 atom stereocenters. The maximum atomic E-state index is 5.47. The Morgan fingerprint density at radius 3 is 1.94 bits per heavy atom. The van der Waals surface area contributed by atoms with Gasteiger partial charge in [0.15, 0.2) is 0 Å². The topological polar surface area (TPSA) is 26.0 Å². The lowest BCUT2D eigenvalue weighted by atomic mass is 10.0. The summed E-state index contributed by atoms with van der Waals surface area (Å²) in [4.78, 5) is 0. The molecule has 1 aliphatic carbocycles. The van der Waals surface area contributed by atoms with Crippen LogP contribution in [0.15, 0.2) is 23.8 Å². The molecule has 1 aliphatic rings. The predicted octanol–water partition coefficient (Wildman–Crippen LogP) is 4.73. The van der Waals surface area contributed by atoms with Gasteiger partial charge in [-0.3, -0.25) is 0 Å². The van der Waals surface area contributed by atoms with E-state index in [1.165, 1.54) is 70.6 Å². The zero-order valence-electron chi connectivity index (χ0n) is 11.3. The molecule has 17 heavy (non-hydrogen) atoms. The number of rotatable bonds is 11. The van der Waals surface area contributed by atoms with Gasteiger partial charge >= 0.3 is 0 Å². The van der Waals surface area contributed by atoms with E-state index in [9.17, 15) is 0 Å². The van der Waals surface area contributed by atoms with Crippen molar-refractivity contribution < 1.29 is 0 Å². The zero-order chi connectivity index (χ0) is 12.2. The van der Waals surface area contributed by atoms with Crippen LogP contribution in [0.3, 0.4) is 0 Å². The van der Waals surface area contributed by atoms with E-state index in [4.69, 9.17) is 5.73 Å². The van der Waals surface area contributed by atoms with E-state index < -0.39 is 0 Å². The Morgan fingerprint density at radius 1 is 0.824 bits per heavy atom. The fraction of sp³-hybridized carbons (Fsp3) is 0.750. The van der Waals surface area contributed by atoms with Crippen LogP contribution in [0.5, 0.6) is 0 Å². The van der Waals surface area contributed by atoms with Gasteiger partial charge in [0.2, 0.25) is 0 Å². The number of hydrogen-bond acceptors (Lipinski definition) is 1. The minimum atomic E-state index is 0.866. The molecule has 0 bridgehead atoms. The van der Waals surface area contributed by atoms with Crippen molar-refractivity contribution in [3.05, 3.63) is 23.8 Å². The van der Waals surface area contributed by atoms with Crippen LogP contribution in [-0.4, -0.2) is 6.54 Å². The van der Waals surface area contributed by atoms with Crippen LogP contribution in [0.1, 0.15) is 70.6 Å². The number of hydrogen-bond donors (Lipinski definition) is 1. The summed E-state index contributed by atoms with van der Waals surface area (Å²) in [6.07, 6.45) is 21.7. The summed E-state index contributed by atoms with van der Waals surface area (Å²) in [5.41, 5.74) is 7.10. The van der Waals surface area contributed by atoms with Gasteiger partial charge in [0.05, 0.1) is 0 Å². The summed E-state index contributed by atoms with van der Waals surface area (Å²) in [5.74, 6) is 0. The highest BCUT2D eigenvalue weighted by Gasteiger charge is 1.98. The second-order valence-corrected chi connectivity index (χ2v) is 5.18. The lowest BCUT2D eigenvalue weighted by Crippen LogP contribution is -1.97. The molecular weight excluding hydrogens is 206 g/mol. The Morgan fingerprint density at radius 2 is 1.41 bits per heavy atom. The average Bonchev–Trinajstić information content (AvgIpc) is 2.85. The molecule has 0 saturated heterocycles. The standard InChI is InChI=1S/C16H29N/c17-15-11-7-5-3-1-2-4-6-8-12-16-13-9-10-14-16/h9-10,13H,1-8,11-12,14-15,17H2. The Bertz CT molecular complexity index is 228. The zero-order valence-corrected chi connectivity index (χ0v) is 11.3. The van der Waals surface area contributed by atoms with Crippen molar-refractivity contribution in [1.29, 1.82) is 0 Å². The molecular formula is C16H29N. The highest BCUT2D eigenvalue weighted by molar-refractivity contribution is 5.22. The van der Waals surface area contributed by atoms with Crippen molar-refractivity contribution >= 4 is 0 Å². The number of unbranched alkanes of at least 4 members (excludes halogenated alkanes) is 8. The van der Waals surface area contributed by atoms with Gasteiger partial charge in [0.25, 0.3) is 0 Å². The van der Waals surface area contributed by atoms with E-state index in [-0.39, 0.29) is 0 Å². The molecule has 1 nitrogen and oxygen atoms in total. The molecule has 0 unspecified atom stereocenters. The van der Waals surface area contributed by atoms with Gasteiger partial charge in [-0.05, 0) is 32.2 Å². The van der Waals surface area contributed by atoms with Gasteiger partial charge in [0.1, 0.15) is 0 Å². The number of allylic oxidation sites excluding steroid dienone is 4.